The number of hydrogen-bond donors (Lipinski definition) is 4. The quantitative estimate of drug-likeness (QED) is 0.109. The lowest BCUT2D eigenvalue weighted by atomic mass is 10.1. The van der Waals surface area contributed by atoms with E-state index < -0.39 is 0 Å². The second-order valence-corrected chi connectivity index (χ2v) is 9.73. The fraction of sp³-hybridized carbons (Fsp3) is 0.0556. The molecule has 2 amide bonds. The van der Waals surface area contributed by atoms with Gasteiger partial charge in [0.25, 0.3) is 11.8 Å². The fourth-order valence-electron chi connectivity index (χ4n) is 4.40. The standard InChI is InChI=1S/C36H32N6O2.ClH/c1-37-33(25-9-5-3-6-10-25)39-29-17-21-31(22-18-29)41-35(43)27-13-15-28(16-14-27)36(44)42-32-23-19-30(20-24-32)40-34(38-2)26-11-7-4-8-12-26;/h3-24H,1-2H3,(H,37,39)(H,38,40)(H,41,43)(H,42,44);1H. The Morgan fingerprint density at radius 1 is 0.444 bits per heavy atom. The summed E-state index contributed by atoms with van der Waals surface area (Å²) >= 11 is 0. The number of carbonyl (C=O) groups is 2. The van der Waals surface area contributed by atoms with Crippen LogP contribution in [0.15, 0.2) is 143 Å². The number of anilines is 2. The van der Waals surface area contributed by atoms with Gasteiger partial charge in [0, 0.05) is 47.7 Å². The first kappa shape index (κ1) is 32.2. The molecule has 0 saturated heterocycles. The first-order chi connectivity index (χ1) is 21.5. The summed E-state index contributed by atoms with van der Waals surface area (Å²) in [6.45, 7) is 0. The molecular weight excluding hydrogens is 584 g/mol. The molecule has 0 spiro atoms. The topological polar surface area (TPSA) is 107 Å². The number of benzene rings is 5. The molecule has 45 heavy (non-hydrogen) atoms. The van der Waals surface area contributed by atoms with Crippen molar-refractivity contribution in [2.24, 2.45) is 9.98 Å². The lowest BCUT2D eigenvalue weighted by molar-refractivity contribution is 0.101. The third-order valence-corrected chi connectivity index (χ3v) is 6.71. The van der Waals surface area contributed by atoms with E-state index in [1.54, 1.807) is 48.5 Å². The van der Waals surface area contributed by atoms with Gasteiger partial charge in [-0.2, -0.15) is 0 Å². The van der Waals surface area contributed by atoms with Gasteiger partial charge in [-0.15, -0.1) is 12.4 Å². The van der Waals surface area contributed by atoms with Crippen LogP contribution in [0.1, 0.15) is 31.8 Å². The summed E-state index contributed by atoms with van der Waals surface area (Å²) in [5.74, 6) is 0.946. The Morgan fingerprint density at radius 2 is 0.778 bits per heavy atom. The molecule has 0 heterocycles. The molecule has 4 N–H and O–H groups in total. The molecule has 0 radical (unpaired) electrons. The molecule has 0 atom stereocenters. The molecule has 0 unspecified atom stereocenters. The van der Waals surface area contributed by atoms with Gasteiger partial charge in [-0.3, -0.25) is 9.59 Å². The Hall–Kier alpha value is -5.73. The van der Waals surface area contributed by atoms with Crippen LogP contribution in [0.4, 0.5) is 22.7 Å². The van der Waals surface area contributed by atoms with Crippen LogP contribution >= 0.6 is 12.4 Å². The average molecular weight is 617 g/mol. The molecule has 0 saturated carbocycles. The van der Waals surface area contributed by atoms with Crippen LogP contribution in [-0.4, -0.2) is 37.6 Å². The maximum absolute atomic E-state index is 12.8. The lowest BCUT2D eigenvalue weighted by Gasteiger charge is -2.09. The predicted octanol–water partition coefficient (Wildman–Crippen LogP) is 7.21. The number of carbonyl (C=O) groups excluding carboxylic acids is 2. The van der Waals surface area contributed by atoms with Gasteiger partial charge in [0.15, 0.2) is 0 Å². The number of nitrogens with one attached hydrogen (secondary N) is 4. The second kappa shape index (κ2) is 15.7. The van der Waals surface area contributed by atoms with Gasteiger partial charge in [0.05, 0.1) is 11.4 Å². The largest absolute Gasteiger partial charge is 0.373 e. The van der Waals surface area contributed by atoms with Crippen molar-refractivity contribution in [3.05, 3.63) is 156 Å². The van der Waals surface area contributed by atoms with Crippen molar-refractivity contribution in [3.63, 3.8) is 0 Å². The molecule has 8 nitrogen and oxygen atoms in total. The van der Waals surface area contributed by atoms with Crippen molar-refractivity contribution in [2.45, 2.75) is 0 Å². The van der Waals surface area contributed by atoms with E-state index in [0.717, 1.165) is 34.2 Å². The minimum Gasteiger partial charge on any atom is -0.373 e. The molecule has 0 fully saturated rings. The highest BCUT2D eigenvalue weighted by atomic mass is 35.5. The number of amides is 2. The number of amidine groups is 2. The van der Waals surface area contributed by atoms with Crippen LogP contribution in [0.2, 0.25) is 0 Å². The summed E-state index contributed by atoms with van der Waals surface area (Å²) in [7, 11) is 3.66. The molecule has 5 rings (SSSR count). The number of halogens is 1. The van der Waals surface area contributed by atoms with Crippen molar-refractivity contribution in [1.29, 1.82) is 0 Å². The van der Waals surface area contributed by atoms with Crippen LogP contribution in [0, 0.1) is 0 Å². The summed E-state index contributed by atoms with van der Waals surface area (Å²) in [5.41, 5.74) is 5.62. The van der Waals surface area contributed by atoms with Crippen LogP contribution < -0.4 is 21.3 Å². The maximum atomic E-state index is 12.8. The summed E-state index contributed by atoms with van der Waals surface area (Å²) in [6, 6.07) is 40.8. The highest BCUT2D eigenvalue weighted by Crippen LogP contribution is 2.20. The van der Waals surface area contributed by atoms with Crippen molar-refractivity contribution < 1.29 is 9.59 Å². The van der Waals surface area contributed by atoms with Crippen molar-refractivity contribution >= 4 is 58.6 Å². The zero-order valence-corrected chi connectivity index (χ0v) is 25.6. The molecule has 0 bridgehead atoms. The zero-order valence-electron chi connectivity index (χ0n) is 24.8. The molecule has 226 valence electrons. The van der Waals surface area contributed by atoms with Gasteiger partial charge in [-0.1, -0.05) is 60.7 Å². The van der Waals surface area contributed by atoms with Crippen LogP contribution in [0.5, 0.6) is 0 Å². The van der Waals surface area contributed by atoms with E-state index >= 15 is 0 Å². The Bertz CT molecular complexity index is 1640. The van der Waals surface area contributed by atoms with E-state index in [4.69, 9.17) is 0 Å². The van der Waals surface area contributed by atoms with Gasteiger partial charge in [0.1, 0.15) is 11.7 Å². The molecule has 0 aliphatic rings. The molecule has 5 aromatic carbocycles. The molecule has 5 aromatic rings. The first-order valence-electron chi connectivity index (χ1n) is 14.1. The Morgan fingerprint density at radius 3 is 1.09 bits per heavy atom. The van der Waals surface area contributed by atoms with Crippen molar-refractivity contribution in [3.8, 4) is 0 Å². The summed E-state index contributed by atoms with van der Waals surface area (Å²) < 4.78 is 0. The number of aliphatic imine (C=N–C) groups is 2. The monoisotopic (exact) mass is 616 g/mol. The van der Waals surface area contributed by atoms with Gasteiger partial charge in [-0.25, -0.2) is 9.98 Å². The molecule has 0 aliphatic carbocycles. The van der Waals surface area contributed by atoms with E-state index in [9.17, 15) is 9.59 Å². The number of hydrogen-bond acceptors (Lipinski definition) is 4. The van der Waals surface area contributed by atoms with E-state index in [0.29, 0.717) is 22.5 Å². The predicted molar refractivity (Wildman–Crippen MR) is 186 cm³/mol. The van der Waals surface area contributed by atoms with E-state index in [1.807, 2.05) is 99.0 Å². The second-order valence-electron chi connectivity index (χ2n) is 9.73. The highest BCUT2D eigenvalue weighted by Gasteiger charge is 2.11. The summed E-state index contributed by atoms with van der Waals surface area (Å²) in [4.78, 5) is 35.0. The highest BCUT2D eigenvalue weighted by molar-refractivity contribution is 6.07. The van der Waals surface area contributed by atoms with E-state index in [2.05, 4.69) is 31.3 Å². The van der Waals surface area contributed by atoms with Crippen molar-refractivity contribution in [2.75, 3.05) is 24.7 Å². The summed E-state index contributed by atoms with van der Waals surface area (Å²) in [5, 5.41) is 12.0. The Balaban J connectivity index is 0.00000461. The average Bonchev–Trinajstić information content (AvgIpc) is 3.08. The maximum Gasteiger partial charge on any atom is 0.255 e. The fourth-order valence-corrected chi connectivity index (χ4v) is 4.40. The first-order valence-corrected chi connectivity index (χ1v) is 14.1. The number of rotatable bonds is 8. The Kier molecular flexibility index (Phi) is 11.2. The minimum absolute atomic E-state index is 0. The van der Waals surface area contributed by atoms with Crippen molar-refractivity contribution in [1.82, 2.24) is 10.6 Å². The van der Waals surface area contributed by atoms with E-state index in [-0.39, 0.29) is 24.2 Å². The zero-order chi connectivity index (χ0) is 30.7. The third kappa shape index (κ3) is 8.65. The van der Waals surface area contributed by atoms with Gasteiger partial charge >= 0.3 is 0 Å². The van der Waals surface area contributed by atoms with Crippen LogP contribution in [-0.2, 0) is 0 Å². The molecule has 9 heteroatoms. The summed E-state index contributed by atoms with van der Waals surface area (Å²) in [6.07, 6.45) is 0. The Labute approximate surface area is 268 Å². The molecule has 0 aromatic heterocycles. The third-order valence-electron chi connectivity index (χ3n) is 6.71. The van der Waals surface area contributed by atoms with Gasteiger partial charge in [-0.05, 0) is 72.8 Å². The van der Waals surface area contributed by atoms with Gasteiger partial charge < -0.3 is 21.3 Å². The smallest absolute Gasteiger partial charge is 0.255 e. The van der Waals surface area contributed by atoms with Crippen LogP contribution in [0.3, 0.4) is 0 Å². The lowest BCUT2D eigenvalue weighted by Crippen LogP contribution is -2.19. The SMILES string of the molecule is CNC(=Nc1ccc(NC(=O)c2ccc(C(=O)Nc3ccc(N=C(NC)c4ccccc4)cc3)cc2)cc1)c1ccccc1.Cl. The normalized spacial score (nSPS) is 11.2. The minimum atomic E-state index is -0.277. The van der Waals surface area contributed by atoms with E-state index in [1.165, 1.54) is 0 Å². The molecule has 0 aliphatic heterocycles. The molecular formula is C36H33ClN6O2. The van der Waals surface area contributed by atoms with Gasteiger partial charge in [0.2, 0.25) is 0 Å². The van der Waals surface area contributed by atoms with Crippen LogP contribution in [0.25, 0.3) is 0 Å². The number of nitrogens with zero attached hydrogens (tertiary/aromatic N) is 2.